The predicted molar refractivity (Wildman–Crippen MR) is 92.2 cm³/mol. The molecule has 1 aromatic carbocycles. The summed E-state index contributed by atoms with van der Waals surface area (Å²) in [6, 6.07) is 5.87. The average molecular weight is 313 g/mol. The molecule has 0 aliphatic rings. The number of amides is 2. The van der Waals surface area contributed by atoms with E-state index in [-0.39, 0.29) is 6.03 Å². The van der Waals surface area contributed by atoms with Crippen molar-refractivity contribution < 1.29 is 9.53 Å². The monoisotopic (exact) mass is 313 g/mol. The minimum Gasteiger partial charge on any atom is -0.496 e. The van der Waals surface area contributed by atoms with Gasteiger partial charge in [-0.1, -0.05) is 12.1 Å². The zero-order valence-electron chi connectivity index (χ0n) is 14.1. The molecule has 0 spiro atoms. The second-order valence-electron chi connectivity index (χ2n) is 5.58. The minimum absolute atomic E-state index is 0.207. The zero-order chi connectivity index (χ0) is 16.8. The van der Waals surface area contributed by atoms with Gasteiger partial charge in [-0.15, -0.1) is 0 Å². The molecule has 0 unspecified atom stereocenters. The van der Waals surface area contributed by atoms with Crippen molar-refractivity contribution in [2.75, 3.05) is 19.0 Å². The topological polar surface area (TPSA) is 63.2 Å². The van der Waals surface area contributed by atoms with Gasteiger partial charge in [-0.25, -0.2) is 4.79 Å². The van der Waals surface area contributed by atoms with Gasteiger partial charge in [0.05, 0.1) is 12.8 Å². The van der Waals surface area contributed by atoms with E-state index in [1.54, 1.807) is 19.5 Å². The summed E-state index contributed by atoms with van der Waals surface area (Å²) in [6.07, 6.45) is 4.22. The van der Waals surface area contributed by atoms with Gasteiger partial charge in [-0.2, -0.15) is 0 Å². The molecule has 0 aliphatic heterocycles. The maximum atomic E-state index is 12.0. The third-order valence-corrected chi connectivity index (χ3v) is 3.74. The first-order valence-electron chi connectivity index (χ1n) is 7.61. The number of nitrogens with zero attached hydrogens (tertiary/aromatic N) is 1. The number of rotatable bonds is 5. The molecule has 0 saturated carbocycles. The first-order chi connectivity index (χ1) is 11.0. The minimum atomic E-state index is -0.207. The maximum Gasteiger partial charge on any atom is 0.319 e. The number of aryl methyl sites for hydroxylation is 3. The van der Waals surface area contributed by atoms with Crippen LogP contribution in [-0.2, 0) is 6.42 Å². The summed E-state index contributed by atoms with van der Waals surface area (Å²) in [5, 5.41) is 5.76. The summed E-state index contributed by atoms with van der Waals surface area (Å²) in [5.74, 6) is 0.870. The van der Waals surface area contributed by atoms with E-state index in [9.17, 15) is 4.79 Å². The van der Waals surface area contributed by atoms with E-state index < -0.39 is 0 Å². The van der Waals surface area contributed by atoms with Gasteiger partial charge < -0.3 is 15.4 Å². The smallest absolute Gasteiger partial charge is 0.319 e. The number of aromatic nitrogens is 1. The highest BCUT2D eigenvalue weighted by molar-refractivity contribution is 5.90. The summed E-state index contributed by atoms with van der Waals surface area (Å²) in [4.78, 5) is 16.1. The van der Waals surface area contributed by atoms with Crippen LogP contribution in [0.3, 0.4) is 0 Å². The number of urea groups is 1. The molecule has 1 aromatic heterocycles. The Labute approximate surface area is 137 Å². The molecule has 5 heteroatoms. The van der Waals surface area contributed by atoms with Crippen molar-refractivity contribution in [2.45, 2.75) is 27.2 Å². The van der Waals surface area contributed by atoms with Crippen molar-refractivity contribution in [3.05, 3.63) is 52.8 Å². The number of carbonyl (C=O) groups is 1. The number of hydrogen-bond acceptors (Lipinski definition) is 3. The van der Waals surface area contributed by atoms with Crippen LogP contribution in [0.5, 0.6) is 5.75 Å². The molecule has 0 saturated heterocycles. The lowest BCUT2D eigenvalue weighted by atomic mass is 10.1. The molecule has 2 aromatic rings. The fourth-order valence-electron chi connectivity index (χ4n) is 2.40. The number of hydrogen-bond donors (Lipinski definition) is 2. The van der Waals surface area contributed by atoms with Crippen LogP contribution in [0.15, 0.2) is 30.6 Å². The average Bonchev–Trinajstić information content (AvgIpc) is 2.52. The lowest BCUT2D eigenvalue weighted by Crippen LogP contribution is -2.31. The summed E-state index contributed by atoms with van der Waals surface area (Å²) in [5.41, 5.74) is 4.94. The predicted octanol–water partition coefficient (Wildman–Crippen LogP) is 3.38. The van der Waals surface area contributed by atoms with Crippen molar-refractivity contribution in [1.82, 2.24) is 10.3 Å². The third kappa shape index (κ3) is 4.45. The van der Waals surface area contributed by atoms with Crippen LogP contribution in [-0.4, -0.2) is 24.7 Å². The van der Waals surface area contributed by atoms with Crippen molar-refractivity contribution >= 4 is 11.7 Å². The van der Waals surface area contributed by atoms with Gasteiger partial charge >= 0.3 is 6.03 Å². The number of methoxy groups -OCH3 is 1. The molecule has 2 amide bonds. The number of anilines is 1. The zero-order valence-corrected chi connectivity index (χ0v) is 14.1. The largest absolute Gasteiger partial charge is 0.496 e. The summed E-state index contributed by atoms with van der Waals surface area (Å²) in [6.45, 7) is 6.41. The standard InChI is InChI=1S/C18H23N3O2/c1-12-5-6-15(9-16(12)23-4)7-8-20-18(22)21-17-13(2)10-19-11-14(17)3/h5-6,9-11H,7-8H2,1-4H3,(H2,19,20,21,22). The Kier molecular flexibility index (Phi) is 5.57. The van der Waals surface area contributed by atoms with Crippen LogP contribution >= 0.6 is 0 Å². The van der Waals surface area contributed by atoms with Crippen molar-refractivity contribution in [3.8, 4) is 5.75 Å². The molecular weight excluding hydrogens is 290 g/mol. The SMILES string of the molecule is COc1cc(CCNC(=O)Nc2c(C)cncc2C)ccc1C. The molecule has 2 rings (SSSR count). The molecule has 122 valence electrons. The Morgan fingerprint density at radius 2 is 1.83 bits per heavy atom. The van der Waals surface area contributed by atoms with Gasteiger partial charge in [0.1, 0.15) is 5.75 Å². The van der Waals surface area contributed by atoms with E-state index in [1.165, 1.54) is 0 Å². The molecule has 2 N–H and O–H groups in total. The Balaban J connectivity index is 1.88. The van der Waals surface area contributed by atoms with Gasteiger partial charge in [0.15, 0.2) is 0 Å². The van der Waals surface area contributed by atoms with Gasteiger partial charge in [-0.3, -0.25) is 4.98 Å². The highest BCUT2D eigenvalue weighted by Crippen LogP contribution is 2.19. The summed E-state index contributed by atoms with van der Waals surface area (Å²) in [7, 11) is 1.66. The molecule has 0 bridgehead atoms. The number of nitrogens with one attached hydrogen (secondary N) is 2. The van der Waals surface area contributed by atoms with E-state index in [4.69, 9.17) is 4.74 Å². The molecule has 1 heterocycles. The van der Waals surface area contributed by atoms with Crippen molar-refractivity contribution in [1.29, 1.82) is 0 Å². The molecular formula is C18H23N3O2. The Hall–Kier alpha value is -2.56. The fourth-order valence-corrected chi connectivity index (χ4v) is 2.40. The second-order valence-corrected chi connectivity index (χ2v) is 5.58. The van der Waals surface area contributed by atoms with E-state index in [2.05, 4.69) is 21.7 Å². The second kappa shape index (κ2) is 7.63. The first kappa shape index (κ1) is 16.8. The van der Waals surface area contributed by atoms with Gasteiger partial charge in [0.25, 0.3) is 0 Å². The number of pyridine rings is 1. The van der Waals surface area contributed by atoms with Gasteiger partial charge in [-0.05, 0) is 55.5 Å². The molecule has 0 aliphatic carbocycles. The quantitative estimate of drug-likeness (QED) is 0.889. The van der Waals surface area contributed by atoms with Crippen LogP contribution in [0.1, 0.15) is 22.3 Å². The molecule has 0 fully saturated rings. The Morgan fingerprint density at radius 3 is 2.48 bits per heavy atom. The third-order valence-electron chi connectivity index (χ3n) is 3.74. The van der Waals surface area contributed by atoms with Crippen LogP contribution in [0.4, 0.5) is 10.5 Å². The number of carbonyl (C=O) groups excluding carboxylic acids is 1. The van der Waals surface area contributed by atoms with Gasteiger partial charge in [0, 0.05) is 18.9 Å². The lowest BCUT2D eigenvalue weighted by molar-refractivity contribution is 0.252. The van der Waals surface area contributed by atoms with E-state index in [0.717, 1.165) is 40.1 Å². The first-order valence-corrected chi connectivity index (χ1v) is 7.61. The Morgan fingerprint density at radius 1 is 1.13 bits per heavy atom. The summed E-state index contributed by atoms with van der Waals surface area (Å²) >= 11 is 0. The van der Waals surface area contributed by atoms with Gasteiger partial charge in [0.2, 0.25) is 0 Å². The van der Waals surface area contributed by atoms with Crippen molar-refractivity contribution in [3.63, 3.8) is 0 Å². The molecule has 0 radical (unpaired) electrons. The van der Waals surface area contributed by atoms with Crippen LogP contribution < -0.4 is 15.4 Å². The number of benzene rings is 1. The molecule has 0 atom stereocenters. The van der Waals surface area contributed by atoms with E-state index in [0.29, 0.717) is 6.54 Å². The van der Waals surface area contributed by atoms with Crippen LogP contribution in [0.25, 0.3) is 0 Å². The Bertz CT molecular complexity index is 678. The van der Waals surface area contributed by atoms with Crippen molar-refractivity contribution in [2.24, 2.45) is 0 Å². The van der Waals surface area contributed by atoms with E-state index in [1.807, 2.05) is 32.9 Å². The highest BCUT2D eigenvalue weighted by atomic mass is 16.5. The lowest BCUT2D eigenvalue weighted by Gasteiger charge is -2.12. The summed E-state index contributed by atoms with van der Waals surface area (Å²) < 4.78 is 5.31. The van der Waals surface area contributed by atoms with E-state index >= 15 is 0 Å². The fraction of sp³-hybridized carbons (Fsp3) is 0.333. The maximum absolute atomic E-state index is 12.0. The van der Waals surface area contributed by atoms with Crippen LogP contribution in [0, 0.1) is 20.8 Å². The number of ether oxygens (including phenoxy) is 1. The normalized spacial score (nSPS) is 10.3. The van der Waals surface area contributed by atoms with Crippen LogP contribution in [0.2, 0.25) is 0 Å². The molecule has 5 nitrogen and oxygen atoms in total. The molecule has 23 heavy (non-hydrogen) atoms. The highest BCUT2D eigenvalue weighted by Gasteiger charge is 2.07.